The summed E-state index contributed by atoms with van der Waals surface area (Å²) in [5.41, 5.74) is -2.60. The number of rotatable bonds is 6. The van der Waals surface area contributed by atoms with Crippen molar-refractivity contribution >= 4 is 11.8 Å². The summed E-state index contributed by atoms with van der Waals surface area (Å²) in [5.74, 6) is -0.880. The summed E-state index contributed by atoms with van der Waals surface area (Å²) in [5, 5.41) is 33.8. The van der Waals surface area contributed by atoms with Gasteiger partial charge in [-0.2, -0.15) is 0 Å². The zero-order valence-corrected chi connectivity index (χ0v) is 19.9. The Morgan fingerprint density at radius 2 is 1.97 bits per heavy atom. The number of Topliss-reactive ketones (excluding diaryl/α,β-unsaturated/α-hetero) is 1. The van der Waals surface area contributed by atoms with Crippen LogP contribution in [0, 0.1) is 34.5 Å². The molecule has 6 nitrogen and oxygen atoms in total. The minimum atomic E-state index is -2.04. The van der Waals surface area contributed by atoms with Gasteiger partial charge in [-0.05, 0) is 54.1 Å². The number of ketones is 1. The molecule has 4 aliphatic rings. The molecule has 4 aliphatic carbocycles. The molecule has 0 aliphatic heterocycles. The maximum absolute atomic E-state index is 14.2. The molecule has 2 fully saturated rings. The van der Waals surface area contributed by atoms with Crippen LogP contribution in [0.5, 0.6) is 0 Å². The van der Waals surface area contributed by atoms with Crippen LogP contribution in [0.3, 0.4) is 0 Å². The minimum Gasteiger partial charge on any atom is -0.455 e. The summed E-state index contributed by atoms with van der Waals surface area (Å²) in [6, 6.07) is 0. The molecule has 0 heterocycles. The van der Waals surface area contributed by atoms with Gasteiger partial charge in [-0.3, -0.25) is 9.59 Å². The van der Waals surface area contributed by atoms with E-state index in [4.69, 9.17) is 4.74 Å². The number of hydrogen-bond acceptors (Lipinski definition) is 6. The van der Waals surface area contributed by atoms with Crippen molar-refractivity contribution in [3.63, 3.8) is 0 Å². The molecule has 0 aromatic heterocycles. The van der Waals surface area contributed by atoms with Crippen molar-refractivity contribution in [3.05, 3.63) is 23.3 Å². The maximum Gasteiger partial charge on any atom is 0.306 e. The molecule has 8 unspecified atom stereocenters. The van der Waals surface area contributed by atoms with Crippen LogP contribution in [-0.4, -0.2) is 51.5 Å². The number of esters is 1. The number of allylic oxidation sites excluding steroid dienone is 1. The Balaban J connectivity index is 1.80. The highest BCUT2D eigenvalue weighted by atomic mass is 16.6. The molecule has 6 heteroatoms. The summed E-state index contributed by atoms with van der Waals surface area (Å²) in [4.78, 5) is 26.8. The van der Waals surface area contributed by atoms with Crippen molar-refractivity contribution in [2.75, 3.05) is 6.61 Å². The largest absolute Gasteiger partial charge is 0.455 e. The van der Waals surface area contributed by atoms with Crippen molar-refractivity contribution in [1.29, 1.82) is 0 Å². The van der Waals surface area contributed by atoms with E-state index in [9.17, 15) is 24.9 Å². The van der Waals surface area contributed by atoms with E-state index in [-0.39, 0.29) is 35.0 Å². The molecular formula is C26H38O6. The molecule has 0 amide bonds. The number of ether oxygens (including phenoxy) is 1. The van der Waals surface area contributed by atoms with E-state index in [1.54, 1.807) is 19.1 Å². The fourth-order valence-corrected chi connectivity index (χ4v) is 7.30. The zero-order valence-electron chi connectivity index (χ0n) is 19.9. The van der Waals surface area contributed by atoms with E-state index < -0.39 is 41.7 Å². The zero-order chi connectivity index (χ0) is 23.6. The highest BCUT2D eigenvalue weighted by Crippen LogP contribution is 2.71. The van der Waals surface area contributed by atoms with Gasteiger partial charge in [0.2, 0.25) is 0 Å². The predicted molar refractivity (Wildman–Crippen MR) is 119 cm³/mol. The summed E-state index contributed by atoms with van der Waals surface area (Å²) >= 11 is 0. The Morgan fingerprint density at radius 3 is 2.59 bits per heavy atom. The second-order valence-corrected chi connectivity index (χ2v) is 11.2. The third-order valence-corrected chi connectivity index (χ3v) is 9.13. The quantitative estimate of drug-likeness (QED) is 0.329. The van der Waals surface area contributed by atoms with Crippen molar-refractivity contribution in [2.45, 2.75) is 84.5 Å². The van der Waals surface area contributed by atoms with E-state index in [1.807, 2.05) is 13.8 Å². The predicted octanol–water partition coefficient (Wildman–Crippen LogP) is 2.95. The lowest BCUT2D eigenvalue weighted by molar-refractivity contribution is -0.203. The van der Waals surface area contributed by atoms with Crippen molar-refractivity contribution < 1.29 is 29.6 Å². The standard InChI is InChI=1S/C26H38O6/c1-6-7-8-9-19(28)32-23-14(2)12-25-15(3)10-18-20(24(18,4)5)17(22(25)30)11-16(13-27)21(29)26(23,25)31/h11-12,15,17-18,20-21,23,27,29,31H,6-10,13H2,1-5H3. The van der Waals surface area contributed by atoms with Crippen LogP contribution in [0.25, 0.3) is 0 Å². The Kier molecular flexibility index (Phi) is 5.75. The molecule has 1 spiro atoms. The number of carbonyl (C=O) groups is 2. The molecule has 3 N–H and O–H groups in total. The molecule has 8 atom stereocenters. The third-order valence-electron chi connectivity index (χ3n) is 9.13. The van der Waals surface area contributed by atoms with Crippen molar-refractivity contribution in [1.82, 2.24) is 0 Å². The number of hydrogen-bond donors (Lipinski definition) is 3. The van der Waals surface area contributed by atoms with Crippen LogP contribution in [0.4, 0.5) is 0 Å². The summed E-state index contributed by atoms with van der Waals surface area (Å²) < 4.78 is 5.79. The molecule has 2 saturated carbocycles. The van der Waals surface area contributed by atoms with E-state index in [0.717, 1.165) is 19.3 Å². The molecule has 0 aromatic carbocycles. The van der Waals surface area contributed by atoms with E-state index in [1.165, 1.54) is 0 Å². The molecule has 32 heavy (non-hydrogen) atoms. The number of aliphatic hydroxyl groups is 3. The van der Waals surface area contributed by atoms with Crippen LogP contribution < -0.4 is 0 Å². The minimum absolute atomic E-state index is 0.0107. The van der Waals surface area contributed by atoms with Gasteiger partial charge in [-0.1, -0.05) is 52.7 Å². The highest BCUT2D eigenvalue weighted by Gasteiger charge is 2.76. The average molecular weight is 447 g/mol. The summed E-state index contributed by atoms with van der Waals surface area (Å²) in [7, 11) is 0. The lowest BCUT2D eigenvalue weighted by Crippen LogP contribution is -2.65. The van der Waals surface area contributed by atoms with Gasteiger partial charge in [0, 0.05) is 12.3 Å². The van der Waals surface area contributed by atoms with E-state index >= 15 is 0 Å². The van der Waals surface area contributed by atoms with Gasteiger partial charge in [-0.25, -0.2) is 0 Å². The molecule has 0 radical (unpaired) electrons. The van der Waals surface area contributed by atoms with Gasteiger partial charge in [0.05, 0.1) is 12.0 Å². The Morgan fingerprint density at radius 1 is 1.28 bits per heavy atom. The fourth-order valence-electron chi connectivity index (χ4n) is 7.30. The molecule has 2 bridgehead atoms. The van der Waals surface area contributed by atoms with Crippen molar-refractivity contribution in [2.24, 2.45) is 34.5 Å². The first-order valence-electron chi connectivity index (χ1n) is 12.1. The Labute approximate surface area is 190 Å². The first-order valence-corrected chi connectivity index (χ1v) is 12.1. The van der Waals surface area contributed by atoms with Crippen LogP contribution in [-0.2, 0) is 14.3 Å². The monoisotopic (exact) mass is 446 g/mol. The van der Waals surface area contributed by atoms with Gasteiger partial charge in [0.1, 0.15) is 6.10 Å². The number of fused-ring (bicyclic) bond motifs is 3. The highest BCUT2D eigenvalue weighted by molar-refractivity contribution is 5.95. The van der Waals surface area contributed by atoms with Gasteiger partial charge in [-0.15, -0.1) is 0 Å². The molecule has 178 valence electrons. The molecule has 4 rings (SSSR count). The third kappa shape index (κ3) is 2.95. The normalized spacial score (nSPS) is 43.9. The van der Waals surface area contributed by atoms with Crippen LogP contribution in [0.1, 0.15) is 66.7 Å². The molecule has 0 saturated heterocycles. The van der Waals surface area contributed by atoms with Gasteiger partial charge in [0.15, 0.2) is 17.5 Å². The second-order valence-electron chi connectivity index (χ2n) is 11.2. The van der Waals surface area contributed by atoms with Crippen LogP contribution >= 0.6 is 0 Å². The summed E-state index contributed by atoms with van der Waals surface area (Å²) in [6.07, 6.45) is 4.36. The lowest BCUT2D eigenvalue weighted by atomic mass is 9.59. The van der Waals surface area contributed by atoms with Gasteiger partial charge in [0.25, 0.3) is 0 Å². The summed E-state index contributed by atoms with van der Waals surface area (Å²) in [6.45, 7) is 9.63. The fraction of sp³-hybridized carbons (Fsp3) is 0.769. The number of carbonyl (C=O) groups excluding carboxylic acids is 2. The van der Waals surface area contributed by atoms with Gasteiger partial charge >= 0.3 is 5.97 Å². The topological polar surface area (TPSA) is 104 Å². The first kappa shape index (κ1) is 23.7. The average Bonchev–Trinajstić information content (AvgIpc) is 3.22. The van der Waals surface area contributed by atoms with Gasteiger partial charge < -0.3 is 20.1 Å². The molecule has 0 aromatic rings. The second kappa shape index (κ2) is 7.78. The maximum atomic E-state index is 14.2. The van der Waals surface area contributed by atoms with Crippen LogP contribution in [0.2, 0.25) is 0 Å². The van der Waals surface area contributed by atoms with E-state index in [0.29, 0.717) is 17.9 Å². The number of unbranched alkanes of at least 4 members (excludes halogenated alkanes) is 2. The van der Waals surface area contributed by atoms with E-state index in [2.05, 4.69) is 13.8 Å². The SMILES string of the molecule is CCCCCC(=O)OC1C(C)=CC23C(=O)C(C=C(CO)C(O)C12O)C1C(CC3C)C1(C)C. The lowest BCUT2D eigenvalue weighted by Gasteiger charge is -2.48. The van der Waals surface area contributed by atoms with Crippen LogP contribution in [0.15, 0.2) is 23.3 Å². The first-order chi connectivity index (χ1) is 15.0. The Bertz CT molecular complexity index is 872. The molecular weight excluding hydrogens is 408 g/mol. The Hall–Kier alpha value is -1.50. The number of aliphatic hydroxyl groups excluding tert-OH is 2. The smallest absolute Gasteiger partial charge is 0.306 e. The van der Waals surface area contributed by atoms with Crippen molar-refractivity contribution in [3.8, 4) is 0 Å².